The van der Waals surface area contributed by atoms with Crippen molar-refractivity contribution in [2.24, 2.45) is 0 Å². The van der Waals surface area contributed by atoms with E-state index in [9.17, 15) is 14.6 Å². The van der Waals surface area contributed by atoms with Crippen LogP contribution in [0.4, 0.5) is 4.39 Å². The highest BCUT2D eigenvalue weighted by Gasteiger charge is 2.44. The molecule has 3 rings (SSSR count). The van der Waals surface area contributed by atoms with Gasteiger partial charge in [0, 0.05) is 0 Å². The fourth-order valence-corrected chi connectivity index (χ4v) is 3.20. The highest BCUT2D eigenvalue weighted by atomic mass is 19.1. The topological polar surface area (TPSA) is 68.2 Å². The second-order valence-electron chi connectivity index (χ2n) is 6.73. The van der Waals surface area contributed by atoms with Crippen molar-refractivity contribution in [3.8, 4) is 17.2 Å². The lowest BCUT2D eigenvalue weighted by molar-refractivity contribution is -0.206. The minimum absolute atomic E-state index is 0.405. The van der Waals surface area contributed by atoms with E-state index in [1.54, 1.807) is 50.4 Å². The van der Waals surface area contributed by atoms with E-state index in [2.05, 4.69) is 0 Å². The molecule has 1 heterocycles. The normalized spacial score (nSPS) is 28.0. The first-order valence-electron chi connectivity index (χ1n) is 9.02. The van der Waals surface area contributed by atoms with Crippen LogP contribution in [0.25, 0.3) is 0 Å². The van der Waals surface area contributed by atoms with Gasteiger partial charge in [0.05, 0.1) is 13.2 Å². The first-order valence-corrected chi connectivity index (χ1v) is 9.02. The number of aliphatic hydroxyl groups excluding tert-OH is 2. The third kappa shape index (κ3) is 4.08. The molecule has 0 aromatic heterocycles. The van der Waals surface area contributed by atoms with Crippen LogP contribution in [0.5, 0.6) is 17.2 Å². The Kier molecular flexibility index (Phi) is 5.99. The molecule has 1 aliphatic rings. The van der Waals surface area contributed by atoms with Crippen molar-refractivity contribution in [1.82, 2.24) is 0 Å². The number of rotatable bonds is 5. The molecular weight excluding hydrogens is 351 g/mol. The molecule has 2 N–H and O–H groups in total. The van der Waals surface area contributed by atoms with Gasteiger partial charge in [-0.15, -0.1) is 0 Å². The minimum atomic E-state index is -1.61. The number of hydrogen-bond acceptors (Lipinski definition) is 5. The molecule has 146 valence electrons. The molecule has 27 heavy (non-hydrogen) atoms. The van der Waals surface area contributed by atoms with Crippen LogP contribution in [0.2, 0.25) is 0 Å². The molecule has 1 aliphatic heterocycles. The molecule has 2 aromatic rings. The molecule has 2 aromatic carbocycles. The Morgan fingerprint density at radius 3 is 2.33 bits per heavy atom. The average molecular weight is 376 g/mol. The first kappa shape index (κ1) is 19.6. The Bertz CT molecular complexity index is 762. The molecule has 0 bridgehead atoms. The monoisotopic (exact) mass is 376 g/mol. The molecular formula is C21H25FO5. The van der Waals surface area contributed by atoms with Crippen LogP contribution >= 0.6 is 0 Å². The van der Waals surface area contributed by atoms with E-state index in [4.69, 9.17) is 14.2 Å². The van der Waals surface area contributed by atoms with Crippen molar-refractivity contribution in [1.29, 1.82) is 0 Å². The SMILES string of the molecule is CC[C@H]1O[C@@H](c2ccc(C)c(Oc3ccc(OC)cc3)c2)[C@H](O)[C@@H](O)[C@@H]1F. The van der Waals surface area contributed by atoms with Crippen molar-refractivity contribution < 1.29 is 28.8 Å². The van der Waals surface area contributed by atoms with Crippen molar-refractivity contribution in [3.05, 3.63) is 53.6 Å². The van der Waals surface area contributed by atoms with E-state index in [1.165, 1.54) is 0 Å². The summed E-state index contributed by atoms with van der Waals surface area (Å²) in [5.41, 5.74) is 1.52. The second kappa shape index (κ2) is 8.25. The van der Waals surface area contributed by atoms with Crippen molar-refractivity contribution in [2.75, 3.05) is 7.11 Å². The van der Waals surface area contributed by atoms with Crippen LogP contribution in [-0.4, -0.2) is 41.8 Å². The van der Waals surface area contributed by atoms with Crippen LogP contribution in [0.3, 0.4) is 0 Å². The van der Waals surface area contributed by atoms with Gasteiger partial charge in [-0.1, -0.05) is 19.1 Å². The first-order chi connectivity index (χ1) is 12.9. The number of benzene rings is 2. The smallest absolute Gasteiger partial charge is 0.155 e. The van der Waals surface area contributed by atoms with Crippen molar-refractivity contribution in [2.45, 2.75) is 50.9 Å². The van der Waals surface area contributed by atoms with Gasteiger partial charge in [0.1, 0.15) is 35.6 Å². The molecule has 0 spiro atoms. The van der Waals surface area contributed by atoms with E-state index in [0.717, 1.165) is 11.3 Å². The summed E-state index contributed by atoms with van der Waals surface area (Å²) in [6, 6.07) is 12.6. The van der Waals surface area contributed by atoms with Gasteiger partial charge in [-0.2, -0.15) is 0 Å². The fraction of sp³-hybridized carbons (Fsp3) is 0.429. The quantitative estimate of drug-likeness (QED) is 0.833. The molecule has 0 aliphatic carbocycles. The summed E-state index contributed by atoms with van der Waals surface area (Å²) < 4.78 is 30.9. The summed E-state index contributed by atoms with van der Waals surface area (Å²) in [6.07, 6.45) is -5.62. The maximum Gasteiger partial charge on any atom is 0.155 e. The lowest BCUT2D eigenvalue weighted by atomic mass is 9.90. The summed E-state index contributed by atoms with van der Waals surface area (Å²) in [7, 11) is 1.60. The fourth-order valence-electron chi connectivity index (χ4n) is 3.20. The van der Waals surface area contributed by atoms with Crippen molar-refractivity contribution in [3.63, 3.8) is 0 Å². The zero-order valence-electron chi connectivity index (χ0n) is 15.6. The number of alkyl halides is 1. The second-order valence-corrected chi connectivity index (χ2v) is 6.73. The molecule has 0 unspecified atom stereocenters. The number of aryl methyl sites for hydroxylation is 1. The van der Waals surface area contributed by atoms with E-state index >= 15 is 0 Å². The number of ether oxygens (including phenoxy) is 3. The van der Waals surface area contributed by atoms with Crippen molar-refractivity contribution >= 4 is 0 Å². The molecule has 0 saturated carbocycles. The van der Waals surface area contributed by atoms with Gasteiger partial charge in [-0.05, 0) is 54.8 Å². The highest BCUT2D eigenvalue weighted by Crippen LogP contribution is 2.37. The van der Waals surface area contributed by atoms with E-state index in [-0.39, 0.29) is 0 Å². The Labute approximate surface area is 158 Å². The van der Waals surface area contributed by atoms with Crippen LogP contribution < -0.4 is 9.47 Å². The Morgan fingerprint density at radius 2 is 1.70 bits per heavy atom. The Balaban J connectivity index is 1.85. The molecule has 5 atom stereocenters. The van der Waals surface area contributed by atoms with Crippen LogP contribution in [0, 0.1) is 6.92 Å². The van der Waals surface area contributed by atoms with Crippen LogP contribution in [-0.2, 0) is 4.74 Å². The molecule has 1 fully saturated rings. The highest BCUT2D eigenvalue weighted by molar-refractivity contribution is 5.42. The number of hydrogen-bond donors (Lipinski definition) is 2. The molecule has 1 saturated heterocycles. The van der Waals surface area contributed by atoms with Gasteiger partial charge in [-0.3, -0.25) is 0 Å². The summed E-state index contributed by atoms with van der Waals surface area (Å²) >= 11 is 0. The number of halogens is 1. The standard InChI is InChI=1S/C21H25FO5/c1-4-16-18(22)19(23)20(24)21(27-16)13-6-5-12(2)17(11-13)26-15-9-7-14(25-3)8-10-15/h5-11,16,18-21,23-24H,4H2,1-3H3/t16-,18-,19+,20-,21+/m1/s1. The zero-order valence-corrected chi connectivity index (χ0v) is 15.6. The number of aliphatic hydroxyl groups is 2. The van der Waals surface area contributed by atoms with Gasteiger partial charge >= 0.3 is 0 Å². The average Bonchev–Trinajstić information content (AvgIpc) is 2.69. The minimum Gasteiger partial charge on any atom is -0.497 e. The van der Waals surface area contributed by atoms with Gasteiger partial charge in [0.2, 0.25) is 0 Å². The zero-order chi connectivity index (χ0) is 19.6. The Morgan fingerprint density at radius 1 is 1.04 bits per heavy atom. The number of methoxy groups -OCH3 is 1. The van der Waals surface area contributed by atoms with Gasteiger partial charge < -0.3 is 24.4 Å². The van der Waals surface area contributed by atoms with Gasteiger partial charge in [0.25, 0.3) is 0 Å². The Hall–Kier alpha value is -2.15. The molecule has 0 radical (unpaired) electrons. The third-order valence-electron chi connectivity index (χ3n) is 4.89. The lowest BCUT2D eigenvalue weighted by Crippen LogP contribution is -2.51. The van der Waals surface area contributed by atoms with Gasteiger partial charge in [-0.25, -0.2) is 4.39 Å². The predicted molar refractivity (Wildman–Crippen MR) is 99.1 cm³/mol. The van der Waals surface area contributed by atoms with E-state index < -0.39 is 30.6 Å². The lowest BCUT2D eigenvalue weighted by Gasteiger charge is -2.39. The van der Waals surface area contributed by atoms with Crippen LogP contribution in [0.15, 0.2) is 42.5 Å². The molecule has 0 amide bonds. The maximum absolute atomic E-state index is 14.1. The maximum atomic E-state index is 14.1. The largest absolute Gasteiger partial charge is 0.497 e. The van der Waals surface area contributed by atoms with Gasteiger partial charge in [0.15, 0.2) is 6.17 Å². The van der Waals surface area contributed by atoms with E-state index in [0.29, 0.717) is 23.5 Å². The third-order valence-corrected chi connectivity index (χ3v) is 4.89. The predicted octanol–water partition coefficient (Wildman–Crippen LogP) is 3.71. The summed E-state index contributed by atoms with van der Waals surface area (Å²) in [5, 5.41) is 20.4. The van der Waals surface area contributed by atoms with E-state index in [1.807, 2.05) is 13.0 Å². The molecule has 6 heteroatoms. The van der Waals surface area contributed by atoms with Crippen LogP contribution in [0.1, 0.15) is 30.6 Å². The summed E-state index contributed by atoms with van der Waals surface area (Å²) in [5.74, 6) is 1.96. The summed E-state index contributed by atoms with van der Waals surface area (Å²) in [6.45, 7) is 3.69. The summed E-state index contributed by atoms with van der Waals surface area (Å²) in [4.78, 5) is 0. The molecule has 5 nitrogen and oxygen atoms in total.